The molecular formula is C11H12BrNO2S. The predicted octanol–water partition coefficient (Wildman–Crippen LogP) is 2.63. The molecule has 1 aromatic rings. The van der Waals surface area contributed by atoms with Gasteiger partial charge in [-0.05, 0) is 29.9 Å². The van der Waals surface area contributed by atoms with Crippen molar-refractivity contribution in [3.8, 4) is 0 Å². The van der Waals surface area contributed by atoms with Crippen LogP contribution in [0.2, 0.25) is 0 Å². The minimum atomic E-state index is -0.762. The van der Waals surface area contributed by atoms with Crippen LogP contribution in [-0.2, 0) is 4.79 Å². The highest BCUT2D eigenvalue weighted by Gasteiger charge is 2.27. The van der Waals surface area contributed by atoms with Gasteiger partial charge in [0.15, 0.2) is 0 Å². The number of carbonyl (C=O) groups is 1. The van der Waals surface area contributed by atoms with Crippen LogP contribution in [0.4, 0.5) is 0 Å². The molecule has 0 spiro atoms. The summed E-state index contributed by atoms with van der Waals surface area (Å²) in [5.41, 5.74) is 1.12. The van der Waals surface area contributed by atoms with E-state index in [1.165, 1.54) is 0 Å². The highest BCUT2D eigenvalue weighted by Crippen LogP contribution is 2.32. The number of aliphatic carboxylic acids is 1. The molecule has 0 aromatic heterocycles. The Labute approximate surface area is 107 Å². The molecule has 5 heteroatoms. The van der Waals surface area contributed by atoms with Gasteiger partial charge in [0, 0.05) is 4.47 Å². The van der Waals surface area contributed by atoms with E-state index in [-0.39, 0.29) is 5.37 Å². The summed E-state index contributed by atoms with van der Waals surface area (Å²) in [5.74, 6) is 0.118. The Bertz CT molecular complexity index is 382. The molecule has 3 nitrogen and oxygen atoms in total. The molecule has 1 heterocycles. The lowest BCUT2D eigenvalue weighted by Gasteiger charge is -2.28. The minimum Gasteiger partial charge on any atom is -0.480 e. The summed E-state index contributed by atoms with van der Waals surface area (Å²) in [4.78, 5) is 10.9. The number of carboxylic acid groups (broad SMARTS) is 1. The summed E-state index contributed by atoms with van der Waals surface area (Å²) in [6, 6.07) is 7.55. The van der Waals surface area contributed by atoms with Gasteiger partial charge in [0.05, 0.1) is 5.37 Å². The van der Waals surface area contributed by atoms with Gasteiger partial charge in [0.2, 0.25) is 0 Å². The second-order valence-electron chi connectivity index (χ2n) is 3.65. The topological polar surface area (TPSA) is 49.3 Å². The van der Waals surface area contributed by atoms with E-state index in [1.807, 2.05) is 24.3 Å². The number of nitrogens with one attached hydrogen (secondary N) is 1. The smallest absolute Gasteiger partial charge is 0.320 e. The average molecular weight is 302 g/mol. The lowest BCUT2D eigenvalue weighted by atomic mass is 10.1. The van der Waals surface area contributed by atoms with E-state index >= 15 is 0 Å². The minimum absolute atomic E-state index is 0.0861. The van der Waals surface area contributed by atoms with Crippen molar-refractivity contribution in [2.75, 3.05) is 5.75 Å². The summed E-state index contributed by atoms with van der Waals surface area (Å²) >= 11 is 5.14. The number of thioether (sulfide) groups is 1. The molecule has 1 saturated heterocycles. The van der Waals surface area contributed by atoms with Crippen molar-refractivity contribution < 1.29 is 9.90 Å². The molecule has 0 bridgehead atoms. The molecule has 2 N–H and O–H groups in total. The molecule has 86 valence electrons. The Balaban J connectivity index is 2.09. The number of hydrogen-bond donors (Lipinski definition) is 2. The molecule has 1 fully saturated rings. The molecular weight excluding hydrogens is 290 g/mol. The van der Waals surface area contributed by atoms with Crippen LogP contribution < -0.4 is 5.32 Å². The van der Waals surface area contributed by atoms with Crippen molar-refractivity contribution in [3.05, 3.63) is 34.3 Å². The third-order valence-corrected chi connectivity index (χ3v) is 4.26. The van der Waals surface area contributed by atoms with Crippen LogP contribution >= 0.6 is 27.7 Å². The molecule has 2 atom stereocenters. The molecule has 1 aromatic carbocycles. The second-order valence-corrected chi connectivity index (χ2v) is 5.78. The van der Waals surface area contributed by atoms with E-state index < -0.39 is 12.0 Å². The van der Waals surface area contributed by atoms with Gasteiger partial charge in [-0.2, -0.15) is 0 Å². The average Bonchev–Trinajstić information content (AvgIpc) is 2.30. The van der Waals surface area contributed by atoms with Crippen LogP contribution in [0.25, 0.3) is 0 Å². The number of hydrogen-bond acceptors (Lipinski definition) is 3. The number of rotatable bonds is 2. The molecule has 16 heavy (non-hydrogen) atoms. The van der Waals surface area contributed by atoms with E-state index in [1.54, 1.807) is 11.8 Å². The molecule has 0 amide bonds. The van der Waals surface area contributed by atoms with Crippen molar-refractivity contribution in [2.45, 2.75) is 17.8 Å². The Morgan fingerprint density at radius 3 is 2.75 bits per heavy atom. The summed E-state index contributed by atoms with van der Waals surface area (Å²) in [7, 11) is 0. The number of halogens is 1. The van der Waals surface area contributed by atoms with E-state index in [0.29, 0.717) is 6.42 Å². The lowest BCUT2D eigenvalue weighted by Crippen LogP contribution is -2.41. The van der Waals surface area contributed by atoms with E-state index in [2.05, 4.69) is 21.2 Å². The number of benzene rings is 1. The summed E-state index contributed by atoms with van der Waals surface area (Å²) in [5, 5.41) is 12.2. The normalized spacial score (nSPS) is 25.3. The van der Waals surface area contributed by atoms with Gasteiger partial charge in [-0.3, -0.25) is 10.1 Å². The maximum absolute atomic E-state index is 10.9. The van der Waals surface area contributed by atoms with Crippen LogP contribution in [0.15, 0.2) is 28.7 Å². The molecule has 1 aliphatic heterocycles. The van der Waals surface area contributed by atoms with Crippen molar-refractivity contribution in [2.24, 2.45) is 0 Å². The molecule has 2 unspecified atom stereocenters. The van der Waals surface area contributed by atoms with Gasteiger partial charge < -0.3 is 5.11 Å². The first-order valence-corrected chi connectivity index (χ1v) is 6.87. The fourth-order valence-corrected chi connectivity index (χ4v) is 3.12. The zero-order valence-corrected chi connectivity index (χ0v) is 10.9. The maximum Gasteiger partial charge on any atom is 0.320 e. The van der Waals surface area contributed by atoms with Crippen molar-refractivity contribution in [1.29, 1.82) is 0 Å². The Morgan fingerprint density at radius 2 is 2.12 bits per heavy atom. The van der Waals surface area contributed by atoms with Crippen molar-refractivity contribution >= 4 is 33.7 Å². The van der Waals surface area contributed by atoms with Crippen LogP contribution in [-0.4, -0.2) is 22.9 Å². The lowest BCUT2D eigenvalue weighted by molar-refractivity contribution is -0.139. The van der Waals surface area contributed by atoms with E-state index in [0.717, 1.165) is 15.8 Å². The zero-order valence-electron chi connectivity index (χ0n) is 8.52. The van der Waals surface area contributed by atoms with Crippen molar-refractivity contribution in [3.63, 3.8) is 0 Å². The van der Waals surface area contributed by atoms with Gasteiger partial charge in [0.1, 0.15) is 6.04 Å². The molecule has 0 saturated carbocycles. The third-order valence-electron chi connectivity index (χ3n) is 2.51. The zero-order chi connectivity index (χ0) is 11.5. The van der Waals surface area contributed by atoms with Gasteiger partial charge in [-0.15, -0.1) is 11.8 Å². The fourth-order valence-electron chi connectivity index (χ4n) is 1.64. The Hall–Kier alpha value is -0.520. The Kier molecular flexibility index (Phi) is 3.89. The summed E-state index contributed by atoms with van der Waals surface area (Å²) in [6.45, 7) is 0. The molecule has 1 aliphatic rings. The maximum atomic E-state index is 10.9. The fraction of sp³-hybridized carbons (Fsp3) is 0.364. The highest BCUT2D eigenvalue weighted by molar-refractivity contribution is 9.10. The van der Waals surface area contributed by atoms with Gasteiger partial charge >= 0.3 is 5.97 Å². The van der Waals surface area contributed by atoms with E-state index in [9.17, 15) is 4.79 Å². The van der Waals surface area contributed by atoms with E-state index in [4.69, 9.17) is 5.11 Å². The molecule has 0 radical (unpaired) electrons. The first-order chi connectivity index (χ1) is 7.66. The van der Waals surface area contributed by atoms with Crippen molar-refractivity contribution in [1.82, 2.24) is 5.32 Å². The second kappa shape index (κ2) is 5.21. The summed E-state index contributed by atoms with van der Waals surface area (Å²) < 4.78 is 1.03. The monoisotopic (exact) mass is 301 g/mol. The highest BCUT2D eigenvalue weighted by atomic mass is 79.9. The molecule has 0 aliphatic carbocycles. The Morgan fingerprint density at radius 1 is 1.44 bits per heavy atom. The SMILES string of the molecule is O=C(O)C1CCSC(c2ccc(Br)cc2)N1. The standard InChI is InChI=1S/C11H12BrNO2S/c12-8-3-1-7(2-4-8)10-13-9(11(14)15)5-6-16-10/h1-4,9-10,13H,5-6H2,(H,14,15). The quantitative estimate of drug-likeness (QED) is 0.882. The first-order valence-electron chi connectivity index (χ1n) is 5.03. The van der Waals surface area contributed by atoms with Crippen LogP contribution in [0.5, 0.6) is 0 Å². The van der Waals surface area contributed by atoms with Crippen LogP contribution in [0.3, 0.4) is 0 Å². The first kappa shape index (κ1) is 12.0. The van der Waals surface area contributed by atoms with Gasteiger partial charge in [0.25, 0.3) is 0 Å². The summed E-state index contributed by atoms with van der Waals surface area (Å²) in [6.07, 6.45) is 0.688. The third kappa shape index (κ3) is 2.78. The van der Waals surface area contributed by atoms with Crippen LogP contribution in [0, 0.1) is 0 Å². The molecule has 2 rings (SSSR count). The largest absolute Gasteiger partial charge is 0.480 e. The van der Waals surface area contributed by atoms with Crippen LogP contribution in [0.1, 0.15) is 17.4 Å². The number of carboxylic acids is 1. The van der Waals surface area contributed by atoms with Gasteiger partial charge in [-0.1, -0.05) is 28.1 Å². The predicted molar refractivity (Wildman–Crippen MR) is 68.5 cm³/mol. The van der Waals surface area contributed by atoms with Gasteiger partial charge in [-0.25, -0.2) is 0 Å².